The van der Waals surface area contributed by atoms with Gasteiger partial charge in [-0.15, -0.1) is 0 Å². The van der Waals surface area contributed by atoms with Crippen LogP contribution in [0.25, 0.3) is 5.57 Å². The Labute approximate surface area is 183 Å². The Morgan fingerprint density at radius 2 is 1.53 bits per heavy atom. The second-order valence-corrected chi connectivity index (χ2v) is 8.15. The average Bonchev–Trinajstić information content (AvgIpc) is 2.95. The molecule has 5 nitrogen and oxygen atoms in total. The number of rotatable bonds is 8. The summed E-state index contributed by atoms with van der Waals surface area (Å²) in [5.41, 5.74) is 3.24. The molecule has 6 heteroatoms. The van der Waals surface area contributed by atoms with Gasteiger partial charge in [-0.1, -0.05) is 37.6 Å². The van der Waals surface area contributed by atoms with Crippen LogP contribution in [0.2, 0.25) is 5.02 Å². The molecule has 0 unspecified atom stereocenters. The monoisotopic (exact) mass is 425 g/mol. The number of nitrogens with zero attached hydrogens (tertiary/aromatic N) is 2. The molecule has 2 amide bonds. The van der Waals surface area contributed by atoms with Crippen LogP contribution in [0.3, 0.4) is 0 Å². The maximum absolute atomic E-state index is 13.1. The molecule has 1 aliphatic rings. The molecule has 0 saturated carbocycles. The van der Waals surface area contributed by atoms with E-state index in [4.69, 9.17) is 11.6 Å². The molecule has 2 aromatic carbocycles. The molecule has 0 fully saturated rings. The molecule has 158 valence electrons. The third-order valence-corrected chi connectivity index (χ3v) is 5.37. The van der Waals surface area contributed by atoms with E-state index < -0.39 is 0 Å². The van der Waals surface area contributed by atoms with Gasteiger partial charge >= 0.3 is 0 Å². The summed E-state index contributed by atoms with van der Waals surface area (Å²) in [6, 6.07) is 14.9. The molecular formula is C24H28ClN3O2. The van der Waals surface area contributed by atoms with E-state index in [1.165, 1.54) is 4.90 Å². The Bertz CT molecular complexity index is 945. The molecule has 0 bridgehead atoms. The van der Waals surface area contributed by atoms with Crippen molar-refractivity contribution in [1.29, 1.82) is 0 Å². The summed E-state index contributed by atoms with van der Waals surface area (Å²) in [4.78, 5) is 29.8. The molecule has 1 aliphatic heterocycles. The lowest BCUT2D eigenvalue weighted by atomic mass is 10.0. The Kier molecular flexibility index (Phi) is 6.83. The van der Waals surface area contributed by atoms with Crippen molar-refractivity contribution in [3.05, 3.63) is 64.8 Å². The zero-order valence-electron chi connectivity index (χ0n) is 17.9. The Hall–Kier alpha value is -2.79. The van der Waals surface area contributed by atoms with Gasteiger partial charge in [0, 0.05) is 36.0 Å². The molecule has 2 aromatic rings. The molecule has 30 heavy (non-hydrogen) atoms. The van der Waals surface area contributed by atoms with E-state index in [0.717, 1.165) is 24.5 Å². The van der Waals surface area contributed by atoms with Crippen molar-refractivity contribution in [2.75, 3.05) is 29.9 Å². The van der Waals surface area contributed by atoms with Gasteiger partial charge < -0.3 is 10.2 Å². The van der Waals surface area contributed by atoms with Crippen LogP contribution in [0.4, 0.5) is 11.4 Å². The van der Waals surface area contributed by atoms with Gasteiger partial charge in [0.1, 0.15) is 5.70 Å². The largest absolute Gasteiger partial charge is 0.372 e. The van der Waals surface area contributed by atoms with E-state index in [-0.39, 0.29) is 17.7 Å². The molecule has 0 aromatic heterocycles. The van der Waals surface area contributed by atoms with Crippen molar-refractivity contribution in [2.45, 2.75) is 27.7 Å². The van der Waals surface area contributed by atoms with Crippen LogP contribution in [0, 0.1) is 5.92 Å². The minimum Gasteiger partial charge on any atom is -0.372 e. The fourth-order valence-electron chi connectivity index (χ4n) is 3.60. The number of nitrogens with one attached hydrogen (secondary N) is 1. The summed E-state index contributed by atoms with van der Waals surface area (Å²) in [5.74, 6) is -0.401. The summed E-state index contributed by atoms with van der Waals surface area (Å²) in [7, 11) is 0. The van der Waals surface area contributed by atoms with Crippen LogP contribution in [0.1, 0.15) is 33.3 Å². The number of amides is 2. The van der Waals surface area contributed by atoms with Crippen molar-refractivity contribution < 1.29 is 9.59 Å². The Morgan fingerprint density at radius 1 is 0.933 bits per heavy atom. The van der Waals surface area contributed by atoms with E-state index in [1.54, 1.807) is 24.3 Å². The smallest absolute Gasteiger partial charge is 0.278 e. The number of imide groups is 1. The van der Waals surface area contributed by atoms with Crippen LogP contribution < -0.4 is 10.2 Å². The van der Waals surface area contributed by atoms with Crippen LogP contribution in [-0.4, -0.2) is 36.3 Å². The number of carbonyl (C=O) groups is 2. The number of anilines is 2. The first-order valence-corrected chi connectivity index (χ1v) is 10.7. The Balaban J connectivity index is 1.97. The fourth-order valence-corrected chi connectivity index (χ4v) is 3.72. The van der Waals surface area contributed by atoms with Gasteiger partial charge in [0.15, 0.2) is 0 Å². The first-order chi connectivity index (χ1) is 14.3. The highest BCUT2D eigenvalue weighted by molar-refractivity contribution is 6.36. The molecular weight excluding hydrogens is 398 g/mol. The molecule has 0 aliphatic carbocycles. The zero-order valence-corrected chi connectivity index (χ0v) is 18.7. The van der Waals surface area contributed by atoms with E-state index in [0.29, 0.717) is 28.4 Å². The normalized spacial score (nSPS) is 14.1. The lowest BCUT2D eigenvalue weighted by molar-refractivity contribution is -0.137. The molecule has 0 radical (unpaired) electrons. The highest BCUT2D eigenvalue weighted by atomic mass is 35.5. The van der Waals surface area contributed by atoms with Crippen LogP contribution >= 0.6 is 11.6 Å². The molecule has 1 heterocycles. The molecule has 0 spiro atoms. The molecule has 1 N–H and O–H groups in total. The van der Waals surface area contributed by atoms with Gasteiger partial charge in [0.05, 0.1) is 5.57 Å². The summed E-state index contributed by atoms with van der Waals surface area (Å²) in [6.45, 7) is 10.4. The standard InChI is InChI=1S/C24H28ClN3O2/c1-5-27(6-2)20-13-11-19(12-14-20)26-22-21(17-7-9-18(25)10-8-17)23(29)28(24(22)30)15-16(3)4/h7-14,16,26H,5-6,15H2,1-4H3. The SMILES string of the molecule is CCN(CC)c1ccc(NC2=C(c3ccc(Cl)cc3)C(=O)N(CC(C)C)C2=O)cc1. The summed E-state index contributed by atoms with van der Waals surface area (Å²) in [5, 5.41) is 3.79. The number of carbonyl (C=O) groups excluding carboxylic acids is 2. The van der Waals surface area contributed by atoms with Gasteiger partial charge in [-0.25, -0.2) is 0 Å². The van der Waals surface area contributed by atoms with E-state index in [1.807, 2.05) is 38.1 Å². The lowest BCUT2D eigenvalue weighted by Gasteiger charge is -2.21. The highest BCUT2D eigenvalue weighted by Gasteiger charge is 2.39. The number of halogens is 1. The summed E-state index contributed by atoms with van der Waals surface area (Å²) >= 11 is 6.01. The van der Waals surface area contributed by atoms with E-state index >= 15 is 0 Å². The van der Waals surface area contributed by atoms with Crippen molar-refractivity contribution in [3.8, 4) is 0 Å². The highest BCUT2D eigenvalue weighted by Crippen LogP contribution is 2.32. The first kappa shape index (κ1) is 21.9. The van der Waals surface area contributed by atoms with Gasteiger partial charge in [-0.3, -0.25) is 14.5 Å². The Morgan fingerprint density at radius 3 is 2.07 bits per heavy atom. The average molecular weight is 426 g/mol. The third-order valence-electron chi connectivity index (χ3n) is 5.11. The maximum Gasteiger partial charge on any atom is 0.278 e. The second kappa shape index (κ2) is 9.35. The molecule has 0 atom stereocenters. The quantitative estimate of drug-likeness (QED) is 0.602. The molecule has 3 rings (SSSR count). The maximum atomic E-state index is 13.1. The fraction of sp³-hybridized carbons (Fsp3) is 0.333. The van der Waals surface area contributed by atoms with Crippen LogP contribution in [-0.2, 0) is 9.59 Å². The second-order valence-electron chi connectivity index (χ2n) is 7.72. The van der Waals surface area contributed by atoms with Gasteiger partial charge in [0.2, 0.25) is 0 Å². The minimum absolute atomic E-state index is 0.178. The third kappa shape index (κ3) is 4.51. The van der Waals surface area contributed by atoms with Crippen molar-refractivity contribution in [3.63, 3.8) is 0 Å². The van der Waals surface area contributed by atoms with Gasteiger partial charge in [-0.2, -0.15) is 0 Å². The predicted octanol–water partition coefficient (Wildman–Crippen LogP) is 5.03. The topological polar surface area (TPSA) is 52.7 Å². The zero-order chi connectivity index (χ0) is 21.8. The van der Waals surface area contributed by atoms with Gasteiger partial charge in [-0.05, 0) is 61.7 Å². The predicted molar refractivity (Wildman–Crippen MR) is 124 cm³/mol. The summed E-state index contributed by atoms with van der Waals surface area (Å²) in [6.07, 6.45) is 0. The van der Waals surface area contributed by atoms with E-state index in [2.05, 4.69) is 24.1 Å². The lowest BCUT2D eigenvalue weighted by Crippen LogP contribution is -2.35. The van der Waals surface area contributed by atoms with Crippen molar-refractivity contribution in [2.24, 2.45) is 5.92 Å². The first-order valence-electron chi connectivity index (χ1n) is 10.3. The van der Waals surface area contributed by atoms with Gasteiger partial charge in [0.25, 0.3) is 11.8 Å². The number of hydrogen-bond donors (Lipinski definition) is 1. The van der Waals surface area contributed by atoms with Crippen LogP contribution in [0.5, 0.6) is 0 Å². The summed E-state index contributed by atoms with van der Waals surface area (Å²) < 4.78 is 0. The van der Waals surface area contributed by atoms with Crippen LogP contribution in [0.15, 0.2) is 54.2 Å². The van der Waals surface area contributed by atoms with Crippen molar-refractivity contribution >= 4 is 40.4 Å². The minimum atomic E-state index is -0.300. The van der Waals surface area contributed by atoms with E-state index in [9.17, 15) is 9.59 Å². The number of benzene rings is 2. The molecule has 0 saturated heterocycles. The number of hydrogen-bond acceptors (Lipinski definition) is 4. The van der Waals surface area contributed by atoms with Crippen molar-refractivity contribution in [1.82, 2.24) is 4.90 Å².